The Kier molecular flexibility index (Phi) is 1.96. The molecule has 0 aromatic carbocycles. The third kappa shape index (κ3) is 1.64. The number of aromatic nitrogens is 2. The number of nitrogens with zero attached hydrogens (tertiary/aromatic N) is 2. The van der Waals surface area contributed by atoms with Crippen LogP contribution in [0.25, 0.3) is 0 Å². The monoisotopic (exact) mass is 119 g/mol. The highest BCUT2D eigenvalue weighted by molar-refractivity contribution is 5.07. The van der Waals surface area contributed by atoms with Crippen LogP contribution in [0.4, 0.5) is 0 Å². The molecule has 2 nitrogen and oxygen atoms in total. The number of allylic oxidation sites excluding steroid dienone is 1. The Hall–Kier alpha value is -1.18. The quantitative estimate of drug-likeness (QED) is 0.543. The zero-order chi connectivity index (χ0) is 6.53. The van der Waals surface area contributed by atoms with Crippen molar-refractivity contribution in [1.82, 2.24) is 10.2 Å². The van der Waals surface area contributed by atoms with Gasteiger partial charge < -0.3 is 0 Å². The summed E-state index contributed by atoms with van der Waals surface area (Å²) in [5.41, 5.74) is 1.03. The summed E-state index contributed by atoms with van der Waals surface area (Å²) >= 11 is 0. The molecule has 0 spiro atoms. The summed E-state index contributed by atoms with van der Waals surface area (Å²) in [5.74, 6) is 0. The maximum atomic E-state index is 3.59. The lowest BCUT2D eigenvalue weighted by Crippen LogP contribution is -1.84. The lowest BCUT2D eigenvalue weighted by atomic mass is 10.2. The first kappa shape index (κ1) is 5.95. The highest BCUT2D eigenvalue weighted by Gasteiger charge is 1.85. The third-order valence-electron chi connectivity index (χ3n) is 0.958. The van der Waals surface area contributed by atoms with Gasteiger partial charge in [-0.25, -0.2) is 0 Å². The molecule has 1 aromatic rings. The van der Waals surface area contributed by atoms with Gasteiger partial charge in [0, 0.05) is 6.20 Å². The first-order valence-corrected chi connectivity index (χ1v) is 2.72. The molecule has 0 atom stereocenters. The number of hydrogen-bond acceptors (Lipinski definition) is 2. The SMILES string of the molecule is C=CCc1[c]nncc1. The zero-order valence-electron chi connectivity index (χ0n) is 5.04. The van der Waals surface area contributed by atoms with E-state index in [1.165, 1.54) is 0 Å². The largest absolute Gasteiger partial charge is 0.158 e. The Bertz CT molecular complexity index is 181. The van der Waals surface area contributed by atoms with Crippen LogP contribution in [0.5, 0.6) is 0 Å². The van der Waals surface area contributed by atoms with E-state index in [0.29, 0.717) is 0 Å². The van der Waals surface area contributed by atoms with E-state index in [2.05, 4.69) is 23.0 Å². The topological polar surface area (TPSA) is 25.8 Å². The van der Waals surface area contributed by atoms with Crippen molar-refractivity contribution >= 4 is 0 Å². The van der Waals surface area contributed by atoms with Crippen molar-refractivity contribution in [3.05, 3.63) is 36.7 Å². The summed E-state index contributed by atoms with van der Waals surface area (Å²) in [6.45, 7) is 3.59. The summed E-state index contributed by atoms with van der Waals surface area (Å²) in [6, 6.07) is 1.87. The molecule has 1 radical (unpaired) electrons. The summed E-state index contributed by atoms with van der Waals surface area (Å²) < 4.78 is 0. The van der Waals surface area contributed by atoms with Gasteiger partial charge in [-0.1, -0.05) is 6.08 Å². The Morgan fingerprint density at radius 3 is 3.22 bits per heavy atom. The van der Waals surface area contributed by atoms with Gasteiger partial charge in [-0.15, -0.1) is 11.7 Å². The fraction of sp³-hybridized carbons (Fsp3) is 0.143. The Morgan fingerprint density at radius 1 is 1.78 bits per heavy atom. The van der Waals surface area contributed by atoms with E-state index in [4.69, 9.17) is 0 Å². The Balaban J connectivity index is 2.72. The minimum absolute atomic E-state index is 0.815. The van der Waals surface area contributed by atoms with Crippen molar-refractivity contribution in [3.63, 3.8) is 0 Å². The first-order valence-electron chi connectivity index (χ1n) is 2.72. The molecule has 0 aliphatic rings. The molecule has 0 aliphatic heterocycles. The molecule has 0 N–H and O–H groups in total. The highest BCUT2D eigenvalue weighted by Crippen LogP contribution is 1.93. The van der Waals surface area contributed by atoms with Crippen LogP contribution in [0.3, 0.4) is 0 Å². The average molecular weight is 119 g/mol. The van der Waals surface area contributed by atoms with Gasteiger partial charge in [0.2, 0.25) is 0 Å². The second-order valence-electron chi connectivity index (χ2n) is 1.66. The minimum Gasteiger partial charge on any atom is -0.158 e. The summed E-state index contributed by atoms with van der Waals surface area (Å²) in [5, 5.41) is 7.17. The van der Waals surface area contributed by atoms with Crippen molar-refractivity contribution in [3.8, 4) is 0 Å². The second kappa shape index (κ2) is 2.97. The fourth-order valence-corrected chi connectivity index (χ4v) is 0.556. The van der Waals surface area contributed by atoms with Crippen molar-refractivity contribution in [1.29, 1.82) is 0 Å². The summed E-state index contributed by atoms with van der Waals surface area (Å²) in [4.78, 5) is 0. The van der Waals surface area contributed by atoms with Gasteiger partial charge in [-0.3, -0.25) is 0 Å². The maximum Gasteiger partial charge on any atom is 0.117 e. The molecule has 1 rings (SSSR count). The Labute approximate surface area is 54.2 Å². The smallest absolute Gasteiger partial charge is 0.117 e. The van der Waals surface area contributed by atoms with Gasteiger partial charge >= 0.3 is 0 Å². The molecular weight excluding hydrogens is 112 g/mol. The van der Waals surface area contributed by atoms with Gasteiger partial charge in [0.1, 0.15) is 6.20 Å². The highest BCUT2D eigenvalue weighted by atomic mass is 15.1. The van der Waals surface area contributed by atoms with Crippen LogP contribution in [0, 0.1) is 6.20 Å². The molecule has 0 aliphatic carbocycles. The predicted octanol–water partition coefficient (Wildman–Crippen LogP) is 1.01. The third-order valence-corrected chi connectivity index (χ3v) is 0.958. The zero-order valence-corrected chi connectivity index (χ0v) is 5.04. The van der Waals surface area contributed by atoms with Gasteiger partial charge in [0.05, 0.1) is 0 Å². The van der Waals surface area contributed by atoms with Crippen molar-refractivity contribution in [2.24, 2.45) is 0 Å². The van der Waals surface area contributed by atoms with Gasteiger partial charge in [-0.2, -0.15) is 5.10 Å². The van der Waals surface area contributed by atoms with Gasteiger partial charge in [-0.05, 0) is 18.1 Å². The molecule has 0 fully saturated rings. The van der Waals surface area contributed by atoms with E-state index in [9.17, 15) is 0 Å². The molecule has 0 amide bonds. The molecule has 1 heterocycles. The van der Waals surface area contributed by atoms with Crippen LogP contribution in [-0.2, 0) is 6.42 Å². The average Bonchev–Trinajstić information content (AvgIpc) is 1.91. The molecule has 0 unspecified atom stereocenters. The maximum absolute atomic E-state index is 3.59. The van der Waals surface area contributed by atoms with E-state index in [1.807, 2.05) is 12.1 Å². The van der Waals surface area contributed by atoms with E-state index >= 15 is 0 Å². The second-order valence-corrected chi connectivity index (χ2v) is 1.66. The molecule has 0 saturated carbocycles. The molecule has 2 heteroatoms. The molecule has 9 heavy (non-hydrogen) atoms. The molecule has 0 saturated heterocycles. The van der Waals surface area contributed by atoms with Crippen LogP contribution in [-0.4, -0.2) is 10.2 Å². The van der Waals surface area contributed by atoms with Crippen LogP contribution >= 0.6 is 0 Å². The minimum atomic E-state index is 0.815. The first-order chi connectivity index (χ1) is 4.43. The van der Waals surface area contributed by atoms with Gasteiger partial charge in [0.15, 0.2) is 0 Å². The summed E-state index contributed by atoms with van der Waals surface area (Å²) in [7, 11) is 0. The molecular formula is C7H7N2. The lowest BCUT2D eigenvalue weighted by molar-refractivity contribution is 0.992. The fourth-order valence-electron chi connectivity index (χ4n) is 0.556. The van der Waals surface area contributed by atoms with Crippen LogP contribution in [0.2, 0.25) is 0 Å². The lowest BCUT2D eigenvalue weighted by Gasteiger charge is -1.88. The molecule has 45 valence electrons. The predicted molar refractivity (Wildman–Crippen MR) is 34.8 cm³/mol. The standard InChI is InChI=1S/C7H7N2/c1-2-3-7-4-5-8-9-6-7/h2,4-5H,1,3H2. The number of hydrogen-bond donors (Lipinski definition) is 0. The van der Waals surface area contributed by atoms with Crippen LogP contribution in [0.1, 0.15) is 5.56 Å². The summed E-state index contributed by atoms with van der Waals surface area (Å²) in [6.07, 6.45) is 7.01. The number of rotatable bonds is 2. The van der Waals surface area contributed by atoms with E-state index in [0.717, 1.165) is 12.0 Å². The van der Waals surface area contributed by atoms with Gasteiger partial charge in [0.25, 0.3) is 0 Å². The van der Waals surface area contributed by atoms with Crippen molar-refractivity contribution < 1.29 is 0 Å². The molecule has 1 aromatic heterocycles. The molecule has 0 bridgehead atoms. The van der Waals surface area contributed by atoms with E-state index in [-0.39, 0.29) is 0 Å². The van der Waals surface area contributed by atoms with Crippen molar-refractivity contribution in [2.45, 2.75) is 6.42 Å². The van der Waals surface area contributed by atoms with Crippen LogP contribution < -0.4 is 0 Å². The van der Waals surface area contributed by atoms with E-state index in [1.54, 1.807) is 6.20 Å². The van der Waals surface area contributed by atoms with E-state index < -0.39 is 0 Å². The van der Waals surface area contributed by atoms with Crippen molar-refractivity contribution in [2.75, 3.05) is 0 Å². The normalized spacial score (nSPS) is 8.89. The Morgan fingerprint density at radius 2 is 2.67 bits per heavy atom. The van der Waals surface area contributed by atoms with Crippen LogP contribution in [0.15, 0.2) is 24.9 Å².